The molecule has 6 heteroatoms. The largest absolute Gasteiger partial charge is 0.326 e. The Kier molecular flexibility index (Phi) is 5.86. The van der Waals surface area contributed by atoms with Gasteiger partial charge in [0.05, 0.1) is 11.7 Å². The fourth-order valence-electron chi connectivity index (χ4n) is 3.70. The maximum Gasteiger partial charge on any atom is 0.326 e. The molecule has 156 valence electrons. The molecule has 3 aromatic carbocycles. The molecular weight excluding hydrogens is 431 g/mol. The number of amides is 2. The van der Waals surface area contributed by atoms with Gasteiger partial charge in [-0.1, -0.05) is 65.2 Å². The Balaban J connectivity index is 1.87. The van der Waals surface area contributed by atoms with E-state index in [0.717, 1.165) is 11.1 Å². The molecule has 0 unspecified atom stereocenters. The van der Waals surface area contributed by atoms with Crippen molar-refractivity contribution >= 4 is 40.7 Å². The van der Waals surface area contributed by atoms with Crippen molar-refractivity contribution in [3.63, 3.8) is 0 Å². The maximum atomic E-state index is 13.6. The van der Waals surface area contributed by atoms with E-state index in [2.05, 4.69) is 5.32 Å². The predicted molar refractivity (Wildman–Crippen MR) is 125 cm³/mol. The van der Waals surface area contributed by atoms with Crippen molar-refractivity contribution in [2.45, 2.75) is 19.9 Å². The number of Topliss-reactive ketones (excluding diaryl/α,β-unsaturated/α-hetero) is 1. The second-order valence-electron chi connectivity index (χ2n) is 7.44. The number of allylic oxidation sites excluding steroid dienone is 1. The molecule has 1 heterocycles. The maximum absolute atomic E-state index is 13.6. The van der Waals surface area contributed by atoms with E-state index in [1.54, 1.807) is 55.5 Å². The van der Waals surface area contributed by atoms with Gasteiger partial charge in [0.15, 0.2) is 5.78 Å². The fraction of sp³-hybridized carbons (Fsp3) is 0.120. The Hall–Kier alpha value is -3.08. The molecule has 0 saturated carbocycles. The van der Waals surface area contributed by atoms with Gasteiger partial charge < -0.3 is 5.32 Å². The second-order valence-corrected chi connectivity index (χ2v) is 8.31. The number of carbonyl (C=O) groups excluding carboxylic acids is 2. The number of aryl methyl sites for hydroxylation is 1. The molecule has 0 aromatic heterocycles. The first-order chi connectivity index (χ1) is 14.8. The van der Waals surface area contributed by atoms with E-state index in [1.165, 1.54) is 4.90 Å². The van der Waals surface area contributed by atoms with Gasteiger partial charge in [0.1, 0.15) is 0 Å². The molecule has 1 N–H and O–H groups in total. The van der Waals surface area contributed by atoms with Crippen LogP contribution in [0.3, 0.4) is 0 Å². The average Bonchev–Trinajstić information content (AvgIpc) is 2.75. The summed E-state index contributed by atoms with van der Waals surface area (Å²) in [5, 5.41) is 4.14. The van der Waals surface area contributed by atoms with Gasteiger partial charge >= 0.3 is 6.03 Å². The highest BCUT2D eigenvalue weighted by atomic mass is 35.5. The number of benzene rings is 3. The number of urea groups is 1. The van der Waals surface area contributed by atoms with Gasteiger partial charge in [-0.2, -0.15) is 0 Å². The second kappa shape index (κ2) is 8.58. The molecule has 31 heavy (non-hydrogen) atoms. The molecule has 1 atom stereocenters. The molecule has 0 saturated heterocycles. The zero-order chi connectivity index (χ0) is 22.1. The van der Waals surface area contributed by atoms with Crippen molar-refractivity contribution in [2.75, 3.05) is 4.90 Å². The van der Waals surface area contributed by atoms with Crippen molar-refractivity contribution in [1.82, 2.24) is 5.32 Å². The van der Waals surface area contributed by atoms with Crippen LogP contribution in [0.5, 0.6) is 0 Å². The lowest BCUT2D eigenvalue weighted by Gasteiger charge is -2.36. The molecule has 4 nitrogen and oxygen atoms in total. The summed E-state index contributed by atoms with van der Waals surface area (Å²) in [5.41, 5.74) is 4.10. The van der Waals surface area contributed by atoms with E-state index in [1.807, 2.05) is 31.2 Å². The van der Waals surface area contributed by atoms with Crippen molar-refractivity contribution in [1.29, 1.82) is 0 Å². The van der Waals surface area contributed by atoms with E-state index in [4.69, 9.17) is 23.2 Å². The number of ketones is 1. The Morgan fingerprint density at radius 3 is 1.97 bits per heavy atom. The first-order valence-electron chi connectivity index (χ1n) is 9.79. The standard InChI is InChI=1S/C25H20Cl2N2O2/c1-15-3-5-18(6-4-15)24(30)22-16(2)29(21-13-11-20(27)12-14-21)25(31)28-23(22)17-7-9-19(26)10-8-17/h3-14,23H,1-2H3,(H,28,31)/t23-/m0/s1. The number of anilines is 1. The molecule has 1 aliphatic rings. The van der Waals surface area contributed by atoms with E-state index in [9.17, 15) is 9.59 Å². The van der Waals surface area contributed by atoms with Crippen LogP contribution in [0.15, 0.2) is 84.1 Å². The quantitative estimate of drug-likeness (QED) is 0.447. The monoisotopic (exact) mass is 450 g/mol. The van der Waals surface area contributed by atoms with Crippen LogP contribution in [0.4, 0.5) is 10.5 Å². The van der Waals surface area contributed by atoms with Gasteiger partial charge in [-0.3, -0.25) is 9.69 Å². The molecule has 0 aliphatic carbocycles. The lowest BCUT2D eigenvalue weighted by Crippen LogP contribution is -2.48. The number of rotatable bonds is 4. The highest BCUT2D eigenvalue weighted by Gasteiger charge is 2.36. The first kappa shape index (κ1) is 21.2. The third kappa shape index (κ3) is 4.22. The number of hydrogen-bond acceptors (Lipinski definition) is 2. The Labute approximate surface area is 191 Å². The summed E-state index contributed by atoms with van der Waals surface area (Å²) in [7, 11) is 0. The van der Waals surface area contributed by atoms with Gasteiger partial charge in [-0.15, -0.1) is 0 Å². The van der Waals surface area contributed by atoms with Crippen molar-refractivity contribution in [3.8, 4) is 0 Å². The molecule has 0 fully saturated rings. The van der Waals surface area contributed by atoms with E-state index < -0.39 is 6.04 Å². The summed E-state index contributed by atoms with van der Waals surface area (Å²) in [6, 6.07) is 20.6. The van der Waals surface area contributed by atoms with Gasteiger partial charge in [0, 0.05) is 26.9 Å². The van der Waals surface area contributed by atoms with Gasteiger partial charge in [-0.05, 0) is 55.8 Å². The Bertz CT molecular complexity index is 1170. The Morgan fingerprint density at radius 1 is 0.839 bits per heavy atom. The fourth-order valence-corrected chi connectivity index (χ4v) is 3.96. The van der Waals surface area contributed by atoms with E-state index in [0.29, 0.717) is 32.6 Å². The number of halogens is 2. The lowest BCUT2D eigenvalue weighted by atomic mass is 9.89. The highest BCUT2D eigenvalue weighted by molar-refractivity contribution is 6.31. The van der Waals surface area contributed by atoms with Crippen LogP contribution in [0.1, 0.15) is 34.5 Å². The third-order valence-electron chi connectivity index (χ3n) is 5.33. The third-order valence-corrected chi connectivity index (χ3v) is 5.84. The van der Waals surface area contributed by atoms with Crippen LogP contribution < -0.4 is 10.2 Å². The number of nitrogens with zero attached hydrogens (tertiary/aromatic N) is 1. The van der Waals surface area contributed by atoms with Crippen LogP contribution in [-0.2, 0) is 0 Å². The van der Waals surface area contributed by atoms with Crippen LogP contribution in [0.25, 0.3) is 0 Å². The number of nitrogens with one attached hydrogen (secondary N) is 1. The van der Waals surface area contributed by atoms with Crippen molar-refractivity contribution in [3.05, 3.63) is 111 Å². The van der Waals surface area contributed by atoms with Gasteiger partial charge in [-0.25, -0.2) is 4.79 Å². The molecule has 3 aromatic rings. The van der Waals surface area contributed by atoms with Crippen LogP contribution in [0.2, 0.25) is 10.0 Å². The molecule has 4 rings (SSSR count). The molecule has 0 spiro atoms. The van der Waals surface area contributed by atoms with Crippen LogP contribution >= 0.6 is 23.2 Å². The zero-order valence-corrected chi connectivity index (χ0v) is 18.5. The molecule has 2 amide bonds. The summed E-state index contributed by atoms with van der Waals surface area (Å²) < 4.78 is 0. The molecule has 0 bridgehead atoms. The molecule has 0 radical (unpaired) electrons. The zero-order valence-electron chi connectivity index (χ0n) is 17.0. The molecular formula is C25H20Cl2N2O2. The number of hydrogen-bond donors (Lipinski definition) is 1. The molecule has 1 aliphatic heterocycles. The lowest BCUT2D eigenvalue weighted by molar-refractivity contribution is 0.102. The van der Waals surface area contributed by atoms with Crippen molar-refractivity contribution < 1.29 is 9.59 Å². The minimum Gasteiger partial charge on any atom is -0.326 e. The smallest absolute Gasteiger partial charge is 0.326 e. The highest BCUT2D eigenvalue weighted by Crippen LogP contribution is 2.36. The first-order valence-corrected chi connectivity index (χ1v) is 10.5. The minimum absolute atomic E-state index is 0.142. The van der Waals surface area contributed by atoms with Gasteiger partial charge in [0.2, 0.25) is 0 Å². The minimum atomic E-state index is -0.595. The van der Waals surface area contributed by atoms with Crippen LogP contribution in [0, 0.1) is 6.92 Å². The normalized spacial score (nSPS) is 16.3. The average molecular weight is 451 g/mol. The summed E-state index contributed by atoms with van der Waals surface area (Å²) >= 11 is 12.1. The van der Waals surface area contributed by atoms with Gasteiger partial charge in [0.25, 0.3) is 0 Å². The van der Waals surface area contributed by atoms with Crippen molar-refractivity contribution in [2.24, 2.45) is 0 Å². The van der Waals surface area contributed by atoms with E-state index >= 15 is 0 Å². The number of carbonyl (C=O) groups is 2. The predicted octanol–water partition coefficient (Wildman–Crippen LogP) is 6.73. The summed E-state index contributed by atoms with van der Waals surface area (Å²) in [6.45, 7) is 3.76. The van der Waals surface area contributed by atoms with Crippen LogP contribution in [-0.4, -0.2) is 11.8 Å². The topological polar surface area (TPSA) is 49.4 Å². The SMILES string of the molecule is CC1=C(C(=O)c2ccc(C)cc2)[C@H](c2ccc(Cl)cc2)NC(=O)N1c1ccc(Cl)cc1. The summed E-state index contributed by atoms with van der Waals surface area (Å²) in [4.78, 5) is 28.2. The van der Waals surface area contributed by atoms with E-state index in [-0.39, 0.29) is 11.8 Å². The Morgan fingerprint density at radius 2 is 1.39 bits per heavy atom. The summed E-state index contributed by atoms with van der Waals surface area (Å²) in [5.74, 6) is -0.142. The summed E-state index contributed by atoms with van der Waals surface area (Å²) in [6.07, 6.45) is 0.